The molecule has 4 atom stereocenters. The van der Waals surface area contributed by atoms with E-state index in [1.807, 2.05) is 18.2 Å². The molecule has 0 aliphatic carbocycles. The van der Waals surface area contributed by atoms with E-state index < -0.39 is 6.10 Å². The normalized spacial score (nSPS) is 28.8. The molecule has 0 aromatic carbocycles. The smallest absolute Gasteiger partial charge is 0.166 e. The number of ether oxygens (including phenoxy) is 3. The Kier molecular flexibility index (Phi) is 3.84. The van der Waals surface area contributed by atoms with Gasteiger partial charge >= 0.3 is 0 Å². The lowest BCUT2D eigenvalue weighted by atomic mass is 9.96. The maximum Gasteiger partial charge on any atom is 0.166 e. The van der Waals surface area contributed by atoms with Crippen molar-refractivity contribution in [3.63, 3.8) is 0 Å². The molecule has 3 N–H and O–H groups in total. The average Bonchev–Trinajstić information content (AvgIpc) is 3.19. The quantitative estimate of drug-likeness (QED) is 0.865. The van der Waals surface area contributed by atoms with Gasteiger partial charge in [-0.25, -0.2) is 4.98 Å². The minimum Gasteiger partial charge on any atom is -0.493 e. The minimum atomic E-state index is -0.549. The van der Waals surface area contributed by atoms with E-state index in [9.17, 15) is 5.11 Å². The first-order chi connectivity index (χ1) is 11.7. The molecule has 4 heterocycles. The van der Waals surface area contributed by atoms with Crippen LogP contribution in [-0.2, 0) is 9.47 Å². The highest BCUT2D eigenvalue weighted by Crippen LogP contribution is 2.37. The first-order valence-electron chi connectivity index (χ1n) is 7.84. The fourth-order valence-corrected chi connectivity index (χ4v) is 3.30. The van der Waals surface area contributed by atoms with Crippen LogP contribution in [0.2, 0.25) is 0 Å². The Labute approximate surface area is 139 Å². The maximum atomic E-state index is 9.83. The molecular weight excluding hydrogens is 310 g/mol. The van der Waals surface area contributed by atoms with E-state index in [1.165, 1.54) is 0 Å². The van der Waals surface area contributed by atoms with Gasteiger partial charge in [0.05, 0.1) is 32.3 Å². The van der Waals surface area contributed by atoms with Crippen LogP contribution in [0.3, 0.4) is 0 Å². The van der Waals surface area contributed by atoms with Crippen LogP contribution in [0.25, 0.3) is 11.1 Å². The van der Waals surface area contributed by atoms with Gasteiger partial charge in [-0.2, -0.15) is 0 Å². The zero-order valence-corrected chi connectivity index (χ0v) is 13.3. The van der Waals surface area contributed by atoms with Crippen molar-refractivity contribution in [2.75, 3.05) is 26.1 Å². The zero-order chi connectivity index (χ0) is 16.7. The van der Waals surface area contributed by atoms with Crippen molar-refractivity contribution in [2.24, 2.45) is 0 Å². The van der Waals surface area contributed by atoms with Crippen LogP contribution in [0, 0.1) is 0 Å². The van der Waals surface area contributed by atoms with Crippen molar-refractivity contribution in [1.82, 2.24) is 9.97 Å². The summed E-state index contributed by atoms with van der Waals surface area (Å²) in [4.78, 5) is 8.69. The Morgan fingerprint density at radius 2 is 1.92 bits per heavy atom. The van der Waals surface area contributed by atoms with E-state index in [-0.39, 0.29) is 18.1 Å². The molecule has 0 radical (unpaired) electrons. The number of methoxy groups -OCH3 is 1. The molecule has 0 amide bonds. The summed E-state index contributed by atoms with van der Waals surface area (Å²) in [5.74, 6) is 0.939. The molecule has 0 spiro atoms. The zero-order valence-electron chi connectivity index (χ0n) is 13.3. The van der Waals surface area contributed by atoms with E-state index in [1.54, 1.807) is 19.5 Å². The maximum absolute atomic E-state index is 9.83. The van der Waals surface area contributed by atoms with Gasteiger partial charge in [0.25, 0.3) is 0 Å². The number of aromatic nitrogens is 2. The Morgan fingerprint density at radius 3 is 2.67 bits per heavy atom. The van der Waals surface area contributed by atoms with E-state index in [0.29, 0.717) is 24.8 Å². The Hall–Kier alpha value is -2.22. The highest BCUT2D eigenvalue weighted by molar-refractivity contribution is 5.66. The standard InChI is InChI=1S/C17H19N3O4/c1-22-14-4-10(6-20-17(14)18)9-2-3-12(19-5-9)11-7-23-16-13(21)8-24-15(11)16/h2-6,11,13,15-16,21H,7-8H2,1H3,(H2,18,20). The van der Waals surface area contributed by atoms with Crippen LogP contribution in [0.1, 0.15) is 11.6 Å². The molecule has 0 saturated carbocycles. The third-order valence-electron chi connectivity index (χ3n) is 4.63. The number of anilines is 1. The largest absolute Gasteiger partial charge is 0.493 e. The highest BCUT2D eigenvalue weighted by atomic mass is 16.6. The van der Waals surface area contributed by atoms with E-state index in [4.69, 9.17) is 19.9 Å². The average molecular weight is 329 g/mol. The lowest BCUT2D eigenvalue weighted by Crippen LogP contribution is -2.28. The molecule has 2 aliphatic heterocycles. The highest BCUT2D eigenvalue weighted by Gasteiger charge is 2.47. The molecule has 4 unspecified atom stereocenters. The molecular formula is C17H19N3O4. The van der Waals surface area contributed by atoms with Crippen LogP contribution in [0.4, 0.5) is 5.82 Å². The van der Waals surface area contributed by atoms with Crippen molar-refractivity contribution in [2.45, 2.75) is 24.2 Å². The lowest BCUT2D eigenvalue weighted by molar-refractivity contribution is 0.0181. The van der Waals surface area contributed by atoms with Crippen LogP contribution in [0.15, 0.2) is 30.6 Å². The number of pyridine rings is 2. The molecule has 2 aromatic heterocycles. The first kappa shape index (κ1) is 15.3. The van der Waals surface area contributed by atoms with Crippen molar-refractivity contribution in [3.05, 3.63) is 36.3 Å². The minimum absolute atomic E-state index is 0.0419. The van der Waals surface area contributed by atoms with Crippen molar-refractivity contribution < 1.29 is 19.3 Å². The third-order valence-corrected chi connectivity index (χ3v) is 4.63. The van der Waals surface area contributed by atoms with E-state index >= 15 is 0 Å². The number of nitrogens with two attached hydrogens (primary N) is 1. The summed E-state index contributed by atoms with van der Waals surface area (Å²) in [6, 6.07) is 5.78. The summed E-state index contributed by atoms with van der Waals surface area (Å²) in [5.41, 5.74) is 8.45. The number of nitrogens with zero attached hydrogens (tertiary/aromatic N) is 2. The predicted octanol–water partition coefficient (Wildman–Crippen LogP) is 0.976. The van der Waals surface area contributed by atoms with Gasteiger partial charge in [-0.3, -0.25) is 4.98 Å². The molecule has 7 heteroatoms. The van der Waals surface area contributed by atoms with Crippen LogP contribution >= 0.6 is 0 Å². The van der Waals surface area contributed by atoms with Gasteiger partial charge in [0.2, 0.25) is 0 Å². The molecule has 0 bridgehead atoms. The number of aliphatic hydroxyl groups excluding tert-OH is 1. The number of hydrogen-bond donors (Lipinski definition) is 2. The van der Waals surface area contributed by atoms with Gasteiger partial charge in [-0.1, -0.05) is 6.07 Å². The Morgan fingerprint density at radius 1 is 1.12 bits per heavy atom. The third kappa shape index (κ3) is 2.50. The molecule has 2 fully saturated rings. The van der Waals surface area contributed by atoms with Gasteiger partial charge in [0.15, 0.2) is 11.6 Å². The van der Waals surface area contributed by atoms with Gasteiger partial charge in [-0.05, 0) is 12.1 Å². The van der Waals surface area contributed by atoms with Crippen molar-refractivity contribution in [1.29, 1.82) is 0 Å². The van der Waals surface area contributed by atoms with Crippen LogP contribution in [0.5, 0.6) is 5.75 Å². The second-order valence-electron chi connectivity index (χ2n) is 6.05. The SMILES string of the molecule is COc1cc(-c2ccc(C3COC4C(O)COC34)nc2)cnc1N. The summed E-state index contributed by atoms with van der Waals surface area (Å²) in [6.07, 6.45) is 2.56. The predicted molar refractivity (Wildman–Crippen MR) is 86.7 cm³/mol. The first-order valence-corrected chi connectivity index (χ1v) is 7.84. The monoisotopic (exact) mass is 329 g/mol. The Balaban J connectivity index is 1.57. The van der Waals surface area contributed by atoms with Crippen molar-refractivity contribution in [3.8, 4) is 16.9 Å². The molecule has 2 aliphatic rings. The molecule has 126 valence electrons. The summed E-state index contributed by atoms with van der Waals surface area (Å²) in [7, 11) is 1.56. The molecule has 24 heavy (non-hydrogen) atoms. The van der Waals surface area contributed by atoms with Gasteiger partial charge in [-0.15, -0.1) is 0 Å². The topological polar surface area (TPSA) is 99.7 Å². The summed E-state index contributed by atoms with van der Waals surface area (Å²) in [6.45, 7) is 0.830. The van der Waals surface area contributed by atoms with Crippen molar-refractivity contribution >= 4 is 5.82 Å². The molecule has 4 rings (SSSR count). The summed E-state index contributed by atoms with van der Waals surface area (Å²) in [5, 5.41) is 9.83. The lowest BCUT2D eigenvalue weighted by Gasteiger charge is -2.15. The fraction of sp³-hybridized carbons (Fsp3) is 0.412. The van der Waals surface area contributed by atoms with Crippen LogP contribution < -0.4 is 10.5 Å². The van der Waals surface area contributed by atoms with Gasteiger partial charge < -0.3 is 25.1 Å². The number of hydrogen-bond acceptors (Lipinski definition) is 7. The van der Waals surface area contributed by atoms with Gasteiger partial charge in [0.1, 0.15) is 12.2 Å². The van der Waals surface area contributed by atoms with E-state index in [0.717, 1.165) is 16.8 Å². The molecule has 2 saturated heterocycles. The molecule has 7 nitrogen and oxygen atoms in total. The second-order valence-corrected chi connectivity index (χ2v) is 6.05. The molecule has 2 aromatic rings. The van der Waals surface area contributed by atoms with Crippen LogP contribution in [-0.4, -0.2) is 53.7 Å². The summed E-state index contributed by atoms with van der Waals surface area (Å²) >= 11 is 0. The fourth-order valence-electron chi connectivity index (χ4n) is 3.30. The number of fused-ring (bicyclic) bond motifs is 1. The second kappa shape index (κ2) is 6.01. The summed E-state index contributed by atoms with van der Waals surface area (Å²) < 4.78 is 16.5. The Bertz CT molecular complexity index is 737. The number of nitrogen functional groups attached to an aromatic ring is 1. The van der Waals surface area contributed by atoms with Gasteiger partial charge in [0, 0.05) is 29.2 Å². The number of aliphatic hydroxyl groups is 1. The van der Waals surface area contributed by atoms with E-state index in [2.05, 4.69) is 9.97 Å². The number of rotatable bonds is 3.